The summed E-state index contributed by atoms with van der Waals surface area (Å²) < 4.78 is 5.16. The van der Waals surface area contributed by atoms with Crippen LogP contribution < -0.4 is 5.32 Å². The monoisotopic (exact) mass is 320 g/mol. The first-order valence-corrected chi connectivity index (χ1v) is 7.88. The highest BCUT2D eigenvalue weighted by atomic mass is 16.6. The van der Waals surface area contributed by atoms with Crippen LogP contribution in [0.2, 0.25) is 0 Å². The third-order valence-electron chi connectivity index (χ3n) is 3.46. The van der Waals surface area contributed by atoms with E-state index < -0.39 is 11.7 Å². The minimum atomic E-state index is -0.502. The molecule has 0 saturated carbocycles. The molecule has 1 heterocycles. The van der Waals surface area contributed by atoms with Crippen LogP contribution in [0.1, 0.15) is 26.3 Å². The minimum Gasteiger partial charge on any atom is -0.444 e. The Kier molecular flexibility index (Phi) is 4.18. The van der Waals surface area contributed by atoms with Gasteiger partial charge in [-0.15, -0.1) is 0 Å². The Morgan fingerprint density at radius 2 is 1.88 bits per heavy atom. The minimum absolute atomic E-state index is 0.251. The molecule has 4 nitrogen and oxygen atoms in total. The second-order valence-electron chi connectivity index (χ2n) is 6.59. The van der Waals surface area contributed by atoms with Gasteiger partial charge >= 0.3 is 6.09 Å². The second-order valence-corrected chi connectivity index (χ2v) is 6.59. The molecule has 4 heteroatoms. The van der Waals surface area contributed by atoms with Gasteiger partial charge in [-0.3, -0.25) is 0 Å². The predicted octanol–water partition coefficient (Wildman–Crippen LogP) is 4.20. The molecule has 0 unspecified atom stereocenters. The number of para-hydroxylation sites is 1. The average molecular weight is 320 g/mol. The van der Waals surface area contributed by atoms with Crippen LogP contribution in [0, 0.1) is 11.8 Å². The molecule has 0 aliphatic carbocycles. The van der Waals surface area contributed by atoms with Gasteiger partial charge in [-0.2, -0.15) is 0 Å². The molecule has 0 aliphatic heterocycles. The van der Waals surface area contributed by atoms with Crippen molar-refractivity contribution in [3.05, 3.63) is 48.0 Å². The van der Waals surface area contributed by atoms with E-state index in [0.717, 1.165) is 22.0 Å². The van der Waals surface area contributed by atoms with E-state index in [-0.39, 0.29) is 6.54 Å². The molecule has 1 amide bonds. The lowest BCUT2D eigenvalue weighted by molar-refractivity contribution is 0.0535. The number of amides is 1. The Morgan fingerprint density at radius 1 is 1.12 bits per heavy atom. The van der Waals surface area contributed by atoms with Crippen molar-refractivity contribution in [1.29, 1.82) is 0 Å². The molecule has 0 saturated heterocycles. The summed E-state index contributed by atoms with van der Waals surface area (Å²) in [4.78, 5) is 14.9. The summed E-state index contributed by atoms with van der Waals surface area (Å²) in [7, 11) is 0. The van der Waals surface area contributed by atoms with E-state index in [1.165, 1.54) is 5.39 Å². The van der Waals surface area contributed by atoms with Crippen LogP contribution in [0.25, 0.3) is 21.8 Å². The molecule has 24 heavy (non-hydrogen) atoms. The van der Waals surface area contributed by atoms with E-state index in [4.69, 9.17) is 4.74 Å². The molecular weight excluding hydrogens is 300 g/mol. The second kappa shape index (κ2) is 6.29. The van der Waals surface area contributed by atoms with Crippen LogP contribution in [-0.2, 0) is 4.74 Å². The average Bonchev–Trinajstić information content (AvgIpc) is 2.88. The Balaban J connectivity index is 1.72. The maximum atomic E-state index is 11.6. The molecule has 0 bridgehead atoms. The van der Waals surface area contributed by atoms with Crippen LogP contribution in [0.5, 0.6) is 0 Å². The predicted molar refractivity (Wildman–Crippen MR) is 96.9 cm³/mol. The van der Waals surface area contributed by atoms with Gasteiger partial charge in [0.25, 0.3) is 0 Å². The van der Waals surface area contributed by atoms with Gasteiger partial charge in [0.05, 0.1) is 6.54 Å². The molecule has 0 fully saturated rings. The van der Waals surface area contributed by atoms with E-state index in [1.807, 2.05) is 45.0 Å². The van der Waals surface area contributed by atoms with Gasteiger partial charge in [0.15, 0.2) is 0 Å². The van der Waals surface area contributed by atoms with Gasteiger partial charge in [-0.1, -0.05) is 30.0 Å². The zero-order chi connectivity index (χ0) is 17.2. The van der Waals surface area contributed by atoms with Gasteiger partial charge in [-0.05, 0) is 45.0 Å². The highest BCUT2D eigenvalue weighted by molar-refractivity contribution is 6.07. The van der Waals surface area contributed by atoms with Gasteiger partial charge in [0.1, 0.15) is 5.60 Å². The SMILES string of the molecule is CC(C)(C)OC(=O)NCC#Cc1ccc2[nH]c3ccccc3c2c1. The van der Waals surface area contributed by atoms with E-state index >= 15 is 0 Å². The summed E-state index contributed by atoms with van der Waals surface area (Å²) >= 11 is 0. The number of alkyl carbamates (subject to hydrolysis) is 1. The zero-order valence-electron chi connectivity index (χ0n) is 14.1. The maximum absolute atomic E-state index is 11.6. The molecule has 3 rings (SSSR count). The summed E-state index contributed by atoms with van der Waals surface area (Å²) in [6.45, 7) is 5.73. The fraction of sp³-hybridized carbons (Fsp3) is 0.250. The first kappa shape index (κ1) is 15.9. The number of aromatic amines is 1. The standard InChI is InChI=1S/C20H20N2O2/c1-20(2,3)24-19(23)21-12-6-7-14-10-11-18-16(13-14)15-8-4-5-9-17(15)22-18/h4-5,8-11,13,22H,12H2,1-3H3,(H,21,23). The van der Waals surface area contributed by atoms with Gasteiger partial charge in [0.2, 0.25) is 0 Å². The van der Waals surface area contributed by atoms with Crippen molar-refractivity contribution in [1.82, 2.24) is 10.3 Å². The van der Waals surface area contributed by atoms with Crippen LogP contribution >= 0.6 is 0 Å². The molecule has 0 radical (unpaired) electrons. The lowest BCUT2D eigenvalue weighted by Crippen LogP contribution is -2.32. The summed E-state index contributed by atoms with van der Waals surface area (Å²) in [5, 5.41) is 4.96. The van der Waals surface area contributed by atoms with Crippen molar-refractivity contribution in [2.75, 3.05) is 6.54 Å². The number of carbonyl (C=O) groups is 1. The van der Waals surface area contributed by atoms with Gasteiger partial charge in [0, 0.05) is 27.4 Å². The molecule has 1 aromatic heterocycles. The van der Waals surface area contributed by atoms with Crippen LogP contribution in [0.3, 0.4) is 0 Å². The van der Waals surface area contributed by atoms with E-state index in [2.05, 4.69) is 40.3 Å². The van der Waals surface area contributed by atoms with Crippen LogP contribution in [0.15, 0.2) is 42.5 Å². The Bertz CT molecular complexity index is 952. The molecular formula is C20H20N2O2. The number of hydrogen-bond acceptors (Lipinski definition) is 2. The smallest absolute Gasteiger partial charge is 0.408 e. The molecule has 3 aromatic rings. The van der Waals surface area contributed by atoms with Crippen LogP contribution in [-0.4, -0.2) is 23.2 Å². The number of H-pyrrole nitrogens is 1. The van der Waals surface area contributed by atoms with E-state index in [9.17, 15) is 4.79 Å². The lowest BCUT2D eigenvalue weighted by Gasteiger charge is -2.18. The number of carbonyl (C=O) groups excluding carboxylic acids is 1. The lowest BCUT2D eigenvalue weighted by atomic mass is 10.1. The number of aromatic nitrogens is 1. The van der Waals surface area contributed by atoms with Crippen molar-refractivity contribution in [3.63, 3.8) is 0 Å². The topological polar surface area (TPSA) is 54.1 Å². The summed E-state index contributed by atoms with van der Waals surface area (Å²) in [6.07, 6.45) is -0.455. The largest absolute Gasteiger partial charge is 0.444 e. The van der Waals surface area contributed by atoms with Crippen LogP contribution in [0.4, 0.5) is 4.79 Å². The third kappa shape index (κ3) is 3.69. The number of rotatable bonds is 1. The molecule has 0 atom stereocenters. The number of fused-ring (bicyclic) bond motifs is 3. The Hall–Kier alpha value is -2.93. The summed E-state index contributed by atoms with van der Waals surface area (Å²) in [5.41, 5.74) is 2.62. The van der Waals surface area contributed by atoms with Crippen molar-refractivity contribution in [2.45, 2.75) is 26.4 Å². The zero-order valence-corrected chi connectivity index (χ0v) is 14.1. The fourth-order valence-corrected chi connectivity index (χ4v) is 2.50. The van der Waals surface area contributed by atoms with Crippen molar-refractivity contribution >= 4 is 27.9 Å². The number of ether oxygens (including phenoxy) is 1. The third-order valence-corrected chi connectivity index (χ3v) is 3.46. The number of nitrogens with one attached hydrogen (secondary N) is 2. The summed E-state index contributed by atoms with van der Waals surface area (Å²) in [5.74, 6) is 6.03. The van der Waals surface area contributed by atoms with E-state index in [0.29, 0.717) is 0 Å². The molecule has 0 aliphatic rings. The van der Waals surface area contributed by atoms with Crippen molar-refractivity contribution in [3.8, 4) is 11.8 Å². The highest BCUT2D eigenvalue weighted by Crippen LogP contribution is 2.25. The van der Waals surface area contributed by atoms with Gasteiger partial charge in [-0.25, -0.2) is 4.79 Å². The summed E-state index contributed by atoms with van der Waals surface area (Å²) in [6, 6.07) is 14.3. The van der Waals surface area contributed by atoms with E-state index in [1.54, 1.807) is 0 Å². The normalized spacial score (nSPS) is 11.1. The Labute approximate surface area is 141 Å². The van der Waals surface area contributed by atoms with Gasteiger partial charge < -0.3 is 15.0 Å². The van der Waals surface area contributed by atoms with Crippen molar-refractivity contribution in [2.24, 2.45) is 0 Å². The first-order chi connectivity index (χ1) is 11.4. The van der Waals surface area contributed by atoms with Crippen molar-refractivity contribution < 1.29 is 9.53 Å². The molecule has 0 spiro atoms. The quantitative estimate of drug-likeness (QED) is 0.660. The number of benzene rings is 2. The Morgan fingerprint density at radius 3 is 2.67 bits per heavy atom. The molecule has 122 valence electrons. The maximum Gasteiger partial charge on any atom is 0.408 e. The highest BCUT2D eigenvalue weighted by Gasteiger charge is 2.15. The molecule has 2 N–H and O–H groups in total. The molecule has 2 aromatic carbocycles. The first-order valence-electron chi connectivity index (χ1n) is 7.88. The number of hydrogen-bond donors (Lipinski definition) is 2. The fourth-order valence-electron chi connectivity index (χ4n) is 2.50.